The van der Waals surface area contributed by atoms with Gasteiger partial charge in [0.05, 0.1) is 23.5 Å². The SMILES string of the molecule is COc1cc(-n2cc(O)c(C(=O)O)n2)c(Br)cc1Br. The lowest BCUT2D eigenvalue weighted by Crippen LogP contribution is -2.02. The summed E-state index contributed by atoms with van der Waals surface area (Å²) in [6.07, 6.45) is 1.22. The standard InChI is InChI=1S/C11H8Br2N2O4/c1-19-9-3-7(5(12)2-6(9)13)15-4-8(16)10(14-15)11(17)18/h2-4,16H,1H3,(H,17,18). The smallest absolute Gasteiger partial charge is 0.360 e. The van der Waals surface area contributed by atoms with Gasteiger partial charge in [0.1, 0.15) is 5.75 Å². The molecular formula is C11H8Br2N2O4. The number of aromatic carboxylic acids is 1. The number of hydrogen-bond donors (Lipinski definition) is 2. The fourth-order valence-electron chi connectivity index (χ4n) is 1.49. The van der Waals surface area contributed by atoms with Crippen molar-refractivity contribution in [3.63, 3.8) is 0 Å². The van der Waals surface area contributed by atoms with Crippen LogP contribution in [-0.4, -0.2) is 33.1 Å². The van der Waals surface area contributed by atoms with E-state index < -0.39 is 17.4 Å². The monoisotopic (exact) mass is 390 g/mol. The summed E-state index contributed by atoms with van der Waals surface area (Å²) in [6, 6.07) is 3.40. The van der Waals surface area contributed by atoms with E-state index in [4.69, 9.17) is 9.84 Å². The summed E-state index contributed by atoms with van der Waals surface area (Å²) >= 11 is 6.67. The molecule has 0 aliphatic heterocycles. The number of hydrogen-bond acceptors (Lipinski definition) is 4. The van der Waals surface area contributed by atoms with Crippen molar-refractivity contribution in [2.24, 2.45) is 0 Å². The molecule has 1 heterocycles. The highest BCUT2D eigenvalue weighted by Gasteiger charge is 2.17. The van der Waals surface area contributed by atoms with Crippen molar-refractivity contribution >= 4 is 37.8 Å². The Morgan fingerprint density at radius 2 is 2.05 bits per heavy atom. The lowest BCUT2D eigenvalue weighted by Gasteiger charge is -2.09. The number of nitrogens with zero attached hydrogens (tertiary/aromatic N) is 2. The van der Waals surface area contributed by atoms with Crippen LogP contribution in [0.1, 0.15) is 10.5 Å². The maximum Gasteiger partial charge on any atom is 0.360 e. The predicted molar refractivity (Wildman–Crippen MR) is 74.1 cm³/mol. The van der Waals surface area contributed by atoms with Gasteiger partial charge < -0.3 is 14.9 Å². The Morgan fingerprint density at radius 3 is 2.58 bits per heavy atom. The van der Waals surface area contributed by atoms with Crippen LogP contribution in [0.4, 0.5) is 0 Å². The number of aromatic hydroxyl groups is 1. The molecule has 0 unspecified atom stereocenters. The Bertz CT molecular complexity index is 654. The molecule has 100 valence electrons. The number of halogens is 2. The minimum Gasteiger partial charge on any atom is -0.504 e. The second-order valence-electron chi connectivity index (χ2n) is 3.55. The lowest BCUT2D eigenvalue weighted by atomic mass is 10.3. The molecule has 0 aliphatic rings. The van der Waals surface area contributed by atoms with E-state index in [2.05, 4.69) is 37.0 Å². The number of methoxy groups -OCH3 is 1. The van der Waals surface area contributed by atoms with Gasteiger partial charge in [0.15, 0.2) is 5.75 Å². The average molecular weight is 392 g/mol. The van der Waals surface area contributed by atoms with Crippen molar-refractivity contribution < 1.29 is 19.7 Å². The minimum absolute atomic E-state index is 0.402. The van der Waals surface area contributed by atoms with Crippen LogP contribution in [0.5, 0.6) is 11.5 Å². The molecule has 19 heavy (non-hydrogen) atoms. The fourth-order valence-corrected chi connectivity index (χ4v) is 2.83. The van der Waals surface area contributed by atoms with E-state index >= 15 is 0 Å². The summed E-state index contributed by atoms with van der Waals surface area (Å²) in [5.74, 6) is -1.14. The van der Waals surface area contributed by atoms with Gasteiger partial charge in [0, 0.05) is 10.5 Å². The van der Waals surface area contributed by atoms with Crippen LogP contribution in [0, 0.1) is 0 Å². The zero-order valence-corrected chi connectivity index (χ0v) is 12.8. The van der Waals surface area contributed by atoms with Crippen LogP contribution in [-0.2, 0) is 0 Å². The first kappa shape index (κ1) is 13.9. The van der Waals surface area contributed by atoms with Crippen molar-refractivity contribution in [3.8, 4) is 17.2 Å². The minimum atomic E-state index is -1.29. The zero-order chi connectivity index (χ0) is 14.2. The maximum absolute atomic E-state index is 10.8. The van der Waals surface area contributed by atoms with Gasteiger partial charge >= 0.3 is 5.97 Å². The molecule has 2 aromatic rings. The summed E-state index contributed by atoms with van der Waals surface area (Å²) in [6.45, 7) is 0. The Balaban J connectivity index is 2.58. The number of aromatic nitrogens is 2. The molecule has 2 N–H and O–H groups in total. The Hall–Kier alpha value is -1.54. The third-order valence-corrected chi connectivity index (χ3v) is 3.62. The summed E-state index contributed by atoms with van der Waals surface area (Å²) in [7, 11) is 1.51. The molecule has 0 bridgehead atoms. The molecule has 0 fully saturated rings. The van der Waals surface area contributed by atoms with Crippen molar-refractivity contribution in [2.45, 2.75) is 0 Å². The second-order valence-corrected chi connectivity index (χ2v) is 5.26. The average Bonchev–Trinajstić information content (AvgIpc) is 2.71. The summed E-state index contributed by atoms with van der Waals surface area (Å²) in [4.78, 5) is 10.8. The van der Waals surface area contributed by atoms with Crippen LogP contribution in [0.25, 0.3) is 5.69 Å². The second kappa shape index (κ2) is 5.22. The van der Waals surface area contributed by atoms with Gasteiger partial charge in [-0.2, -0.15) is 5.10 Å². The van der Waals surface area contributed by atoms with Crippen LogP contribution in [0.2, 0.25) is 0 Å². The number of carboxylic acids is 1. The van der Waals surface area contributed by atoms with Crippen LogP contribution >= 0.6 is 31.9 Å². The Morgan fingerprint density at radius 1 is 1.37 bits per heavy atom. The summed E-state index contributed by atoms with van der Waals surface area (Å²) in [5, 5.41) is 22.2. The normalized spacial score (nSPS) is 10.5. The van der Waals surface area contributed by atoms with Crippen molar-refractivity contribution in [1.29, 1.82) is 0 Å². The third kappa shape index (κ3) is 2.59. The zero-order valence-electron chi connectivity index (χ0n) is 9.59. The largest absolute Gasteiger partial charge is 0.504 e. The van der Waals surface area contributed by atoms with Gasteiger partial charge in [-0.25, -0.2) is 9.48 Å². The molecule has 1 aromatic carbocycles. The maximum atomic E-state index is 10.8. The van der Waals surface area contributed by atoms with Gasteiger partial charge in [-0.15, -0.1) is 0 Å². The van der Waals surface area contributed by atoms with Crippen molar-refractivity contribution in [2.75, 3.05) is 7.11 Å². The number of benzene rings is 1. The van der Waals surface area contributed by atoms with E-state index in [1.165, 1.54) is 18.0 Å². The highest BCUT2D eigenvalue weighted by Crippen LogP contribution is 2.34. The molecule has 0 saturated carbocycles. The summed E-state index contributed by atoms with van der Waals surface area (Å²) < 4.78 is 7.82. The molecule has 0 aliphatic carbocycles. The van der Waals surface area contributed by atoms with Crippen LogP contribution in [0.3, 0.4) is 0 Å². The first-order chi connectivity index (χ1) is 8.93. The molecule has 1 aromatic heterocycles. The van der Waals surface area contributed by atoms with Gasteiger partial charge in [-0.3, -0.25) is 0 Å². The van der Waals surface area contributed by atoms with E-state index in [0.29, 0.717) is 15.9 Å². The van der Waals surface area contributed by atoms with E-state index in [0.717, 1.165) is 4.47 Å². The Kier molecular flexibility index (Phi) is 3.81. The highest BCUT2D eigenvalue weighted by atomic mass is 79.9. The van der Waals surface area contributed by atoms with E-state index in [-0.39, 0.29) is 0 Å². The molecule has 0 saturated heterocycles. The first-order valence-electron chi connectivity index (χ1n) is 4.99. The van der Waals surface area contributed by atoms with Crippen LogP contribution < -0.4 is 4.74 Å². The molecular weight excluding hydrogens is 384 g/mol. The number of carbonyl (C=O) groups is 1. The van der Waals surface area contributed by atoms with Gasteiger partial charge in [0.25, 0.3) is 0 Å². The third-order valence-electron chi connectivity index (χ3n) is 2.37. The molecule has 8 heteroatoms. The van der Waals surface area contributed by atoms with Gasteiger partial charge in [0.2, 0.25) is 5.69 Å². The van der Waals surface area contributed by atoms with Gasteiger partial charge in [-0.05, 0) is 37.9 Å². The van der Waals surface area contributed by atoms with Crippen molar-refractivity contribution in [3.05, 3.63) is 33.0 Å². The molecule has 0 spiro atoms. The van der Waals surface area contributed by atoms with Crippen molar-refractivity contribution in [1.82, 2.24) is 9.78 Å². The molecule has 2 rings (SSSR count). The fraction of sp³-hybridized carbons (Fsp3) is 0.0909. The molecule has 0 atom stereocenters. The highest BCUT2D eigenvalue weighted by molar-refractivity contribution is 9.11. The van der Waals surface area contributed by atoms with E-state index in [1.807, 2.05) is 0 Å². The Labute approximate surface area is 124 Å². The van der Waals surface area contributed by atoms with Crippen LogP contribution in [0.15, 0.2) is 27.3 Å². The number of carboxylic acid groups (broad SMARTS) is 1. The molecule has 0 radical (unpaired) electrons. The first-order valence-corrected chi connectivity index (χ1v) is 6.58. The topological polar surface area (TPSA) is 84.6 Å². The number of rotatable bonds is 3. The van der Waals surface area contributed by atoms with E-state index in [1.54, 1.807) is 12.1 Å². The summed E-state index contributed by atoms with van der Waals surface area (Å²) in [5.41, 5.74) is 0.136. The van der Waals surface area contributed by atoms with Gasteiger partial charge in [-0.1, -0.05) is 0 Å². The molecule has 0 amide bonds. The number of ether oxygens (including phenoxy) is 1. The lowest BCUT2D eigenvalue weighted by molar-refractivity contribution is 0.0687. The predicted octanol–water partition coefficient (Wildman–Crippen LogP) is 2.81. The quantitative estimate of drug-likeness (QED) is 0.840. The van der Waals surface area contributed by atoms with E-state index in [9.17, 15) is 9.90 Å². The molecule has 6 nitrogen and oxygen atoms in total.